The van der Waals surface area contributed by atoms with Crippen LogP contribution in [0.4, 0.5) is 4.39 Å². The smallest absolute Gasteiger partial charge is 0.175 e. The van der Waals surface area contributed by atoms with Crippen LogP contribution in [-0.4, -0.2) is 29.1 Å². The van der Waals surface area contributed by atoms with Gasteiger partial charge in [0.1, 0.15) is 12.4 Å². The molecule has 45 heavy (non-hydrogen) atoms. The molecular formula is C38H45BrFNO4. The average Bonchev–Trinajstić information content (AvgIpc) is 2.96. The maximum absolute atomic E-state index is 14.4. The molecule has 4 aliphatic rings. The van der Waals surface area contributed by atoms with Gasteiger partial charge in [0.2, 0.25) is 0 Å². The normalized spacial score (nSPS) is 22.0. The van der Waals surface area contributed by atoms with E-state index in [-0.39, 0.29) is 34.8 Å². The molecule has 240 valence electrons. The molecule has 3 aliphatic carbocycles. The van der Waals surface area contributed by atoms with Gasteiger partial charge in [-0.25, -0.2) is 4.39 Å². The zero-order valence-corrected chi connectivity index (χ0v) is 28.8. The molecule has 0 unspecified atom stereocenters. The highest BCUT2D eigenvalue weighted by molar-refractivity contribution is 9.10. The Kier molecular flexibility index (Phi) is 8.79. The van der Waals surface area contributed by atoms with Crippen LogP contribution in [0, 0.1) is 16.6 Å². The number of rotatable bonds is 7. The number of hydrogen-bond acceptors (Lipinski definition) is 5. The number of benzene rings is 2. The van der Waals surface area contributed by atoms with E-state index in [0.29, 0.717) is 47.0 Å². The molecule has 6 rings (SSSR count). The Balaban J connectivity index is 1.52. The van der Waals surface area contributed by atoms with Crippen molar-refractivity contribution in [1.29, 1.82) is 0 Å². The summed E-state index contributed by atoms with van der Waals surface area (Å²) in [6.45, 7) is 11.1. The molecule has 0 atom stereocenters. The number of Topliss-reactive ketones (excluding diaryl/α,β-unsaturated/α-hetero) is 2. The van der Waals surface area contributed by atoms with Crippen LogP contribution in [0.15, 0.2) is 63.4 Å². The van der Waals surface area contributed by atoms with Crippen LogP contribution in [0.1, 0.15) is 109 Å². The molecule has 0 N–H and O–H groups in total. The van der Waals surface area contributed by atoms with Crippen molar-refractivity contribution in [2.75, 3.05) is 6.61 Å². The highest BCUT2D eigenvalue weighted by Crippen LogP contribution is 2.56. The predicted molar refractivity (Wildman–Crippen MR) is 178 cm³/mol. The van der Waals surface area contributed by atoms with Gasteiger partial charge in [-0.15, -0.1) is 0 Å². The molecule has 0 spiro atoms. The van der Waals surface area contributed by atoms with Crippen LogP contribution in [-0.2, 0) is 16.2 Å². The van der Waals surface area contributed by atoms with E-state index in [1.165, 1.54) is 25.3 Å². The number of ether oxygens (including phenoxy) is 2. The molecule has 2 aromatic rings. The molecule has 1 fully saturated rings. The molecule has 0 saturated heterocycles. The van der Waals surface area contributed by atoms with E-state index in [9.17, 15) is 14.0 Å². The van der Waals surface area contributed by atoms with E-state index >= 15 is 0 Å². The quantitative estimate of drug-likeness (QED) is 0.292. The molecule has 2 aromatic carbocycles. The van der Waals surface area contributed by atoms with E-state index in [4.69, 9.17) is 9.47 Å². The Hall–Kier alpha value is -2.93. The third-order valence-electron chi connectivity index (χ3n) is 9.89. The minimum atomic E-state index is -0.474. The van der Waals surface area contributed by atoms with Crippen LogP contribution >= 0.6 is 15.9 Å². The van der Waals surface area contributed by atoms with Gasteiger partial charge in [-0.1, -0.05) is 65.2 Å². The molecular weight excluding hydrogens is 633 g/mol. The lowest BCUT2D eigenvalue weighted by Gasteiger charge is -2.52. The fraction of sp³-hybridized carbons (Fsp3) is 0.526. The second-order valence-electron chi connectivity index (χ2n) is 14.8. The van der Waals surface area contributed by atoms with Crippen LogP contribution in [0.25, 0.3) is 0 Å². The Morgan fingerprint density at radius 3 is 2.04 bits per heavy atom. The zero-order valence-electron chi connectivity index (χ0n) is 27.2. The van der Waals surface area contributed by atoms with E-state index in [1.807, 2.05) is 19.1 Å². The summed E-state index contributed by atoms with van der Waals surface area (Å²) in [5, 5.41) is 0. The van der Waals surface area contributed by atoms with Gasteiger partial charge in [0.25, 0.3) is 0 Å². The molecule has 1 heterocycles. The van der Waals surface area contributed by atoms with E-state index < -0.39 is 5.92 Å². The summed E-state index contributed by atoms with van der Waals surface area (Å²) < 4.78 is 27.3. The van der Waals surface area contributed by atoms with Gasteiger partial charge in [-0.05, 0) is 83.1 Å². The van der Waals surface area contributed by atoms with Crippen LogP contribution in [0.2, 0.25) is 0 Å². The second-order valence-corrected chi connectivity index (χ2v) is 15.7. The SMILES string of the molecule is CCOc1cc(C2C3=C(CC(C)(C)CC3=O)N(C3CCCCC3)C3=C2C(=O)CC(C)(C)C3)cc(Br)c1OCc1ccccc1F. The number of halogens is 2. The Morgan fingerprint density at radius 1 is 0.867 bits per heavy atom. The van der Waals surface area contributed by atoms with Crippen LogP contribution < -0.4 is 9.47 Å². The third kappa shape index (κ3) is 6.26. The highest BCUT2D eigenvalue weighted by Gasteiger charge is 2.50. The Bertz CT molecular complexity index is 1530. The number of hydrogen-bond donors (Lipinski definition) is 0. The summed E-state index contributed by atoms with van der Waals surface area (Å²) >= 11 is 3.73. The zero-order chi connectivity index (χ0) is 32.1. The number of allylic oxidation sites excluding steroid dienone is 4. The maximum atomic E-state index is 14.4. The first-order chi connectivity index (χ1) is 21.4. The molecule has 0 bridgehead atoms. The van der Waals surface area contributed by atoms with Crippen LogP contribution in [0.5, 0.6) is 11.5 Å². The first-order valence-electron chi connectivity index (χ1n) is 16.5. The average molecular weight is 679 g/mol. The van der Waals surface area contributed by atoms with Crippen molar-refractivity contribution in [3.05, 3.63) is 80.4 Å². The summed E-state index contributed by atoms with van der Waals surface area (Å²) in [5.74, 6) is 0.432. The van der Waals surface area contributed by atoms with Gasteiger partial charge in [0.15, 0.2) is 23.1 Å². The lowest BCUT2D eigenvalue weighted by atomic mass is 9.63. The van der Waals surface area contributed by atoms with Gasteiger partial charge < -0.3 is 14.4 Å². The van der Waals surface area contributed by atoms with Gasteiger partial charge in [0, 0.05) is 52.9 Å². The Morgan fingerprint density at radius 2 is 1.47 bits per heavy atom. The van der Waals surface area contributed by atoms with Crippen molar-refractivity contribution in [1.82, 2.24) is 4.90 Å². The minimum absolute atomic E-state index is 0.0379. The second kappa shape index (κ2) is 12.4. The van der Waals surface area contributed by atoms with Crippen molar-refractivity contribution in [3.8, 4) is 11.5 Å². The lowest BCUT2D eigenvalue weighted by molar-refractivity contribution is -0.119. The van der Waals surface area contributed by atoms with Gasteiger partial charge in [-0.3, -0.25) is 9.59 Å². The number of carbonyl (C=O) groups excluding carboxylic acids is 2. The van der Waals surface area contributed by atoms with Gasteiger partial charge in [-0.2, -0.15) is 0 Å². The summed E-state index contributed by atoms with van der Waals surface area (Å²) in [6.07, 6.45) is 8.24. The highest BCUT2D eigenvalue weighted by atomic mass is 79.9. The first-order valence-corrected chi connectivity index (χ1v) is 17.3. The molecule has 0 amide bonds. The fourth-order valence-corrected chi connectivity index (χ4v) is 8.61. The van der Waals surface area contributed by atoms with E-state index in [2.05, 4.69) is 48.5 Å². The largest absolute Gasteiger partial charge is 0.490 e. The summed E-state index contributed by atoms with van der Waals surface area (Å²) in [7, 11) is 0. The molecule has 0 radical (unpaired) electrons. The van der Waals surface area contributed by atoms with Crippen molar-refractivity contribution in [2.24, 2.45) is 10.8 Å². The number of ketones is 2. The van der Waals surface area contributed by atoms with Gasteiger partial charge >= 0.3 is 0 Å². The summed E-state index contributed by atoms with van der Waals surface area (Å²) in [6, 6.07) is 10.8. The molecule has 7 heteroatoms. The third-order valence-corrected chi connectivity index (χ3v) is 10.5. The van der Waals surface area contributed by atoms with Crippen molar-refractivity contribution in [2.45, 2.75) is 111 Å². The lowest BCUT2D eigenvalue weighted by Crippen LogP contribution is -2.48. The molecule has 1 saturated carbocycles. The first kappa shape index (κ1) is 32.0. The summed E-state index contributed by atoms with van der Waals surface area (Å²) in [4.78, 5) is 31.1. The monoisotopic (exact) mass is 677 g/mol. The van der Waals surface area contributed by atoms with Crippen molar-refractivity contribution >= 4 is 27.5 Å². The van der Waals surface area contributed by atoms with Crippen molar-refractivity contribution in [3.63, 3.8) is 0 Å². The maximum Gasteiger partial charge on any atom is 0.175 e. The molecule has 1 aliphatic heterocycles. The standard InChI is InChI=1S/C38H45BrFNO4/c1-6-44-32-17-24(16-26(39)36(32)45-22-23-12-10-11-15-27(23)40)33-34-28(18-37(2,3)20-30(34)42)41(25-13-8-7-9-14-25)29-19-38(4,5)21-31(43)35(29)33/h10-12,15-17,25,33H,6-9,13-14,18-22H2,1-5H3. The fourth-order valence-electron chi connectivity index (χ4n) is 8.03. The predicted octanol–water partition coefficient (Wildman–Crippen LogP) is 9.58. The molecule has 5 nitrogen and oxygen atoms in total. The van der Waals surface area contributed by atoms with E-state index in [0.717, 1.165) is 53.8 Å². The van der Waals surface area contributed by atoms with Crippen molar-refractivity contribution < 1.29 is 23.5 Å². The molecule has 0 aromatic heterocycles. The summed E-state index contributed by atoms with van der Waals surface area (Å²) in [5.41, 5.74) is 4.75. The van der Waals surface area contributed by atoms with Crippen LogP contribution in [0.3, 0.4) is 0 Å². The Labute approximate surface area is 275 Å². The van der Waals surface area contributed by atoms with Gasteiger partial charge in [0.05, 0.1) is 11.1 Å². The number of carbonyl (C=O) groups is 2. The van der Waals surface area contributed by atoms with E-state index in [1.54, 1.807) is 18.2 Å². The number of nitrogens with zero attached hydrogens (tertiary/aromatic N) is 1. The minimum Gasteiger partial charge on any atom is -0.490 e. The topological polar surface area (TPSA) is 55.8 Å².